The number of fused-ring (bicyclic) bond motifs is 1. The normalized spacial score (nSPS) is 19.4. The summed E-state index contributed by atoms with van der Waals surface area (Å²) in [5.74, 6) is -2.01. The van der Waals surface area contributed by atoms with Gasteiger partial charge < -0.3 is 14.6 Å². The minimum Gasteiger partial charge on any atom is -0.385 e. The van der Waals surface area contributed by atoms with Crippen LogP contribution in [-0.2, 0) is 5.60 Å². The molecule has 25 heavy (non-hydrogen) atoms. The molecule has 2 N–H and O–H groups in total. The number of rotatable bonds is 2. The molecule has 0 aliphatic heterocycles. The molecule has 3 aromatic heterocycles. The van der Waals surface area contributed by atoms with Gasteiger partial charge in [0.05, 0.1) is 11.3 Å². The van der Waals surface area contributed by atoms with Crippen molar-refractivity contribution in [3.63, 3.8) is 0 Å². The van der Waals surface area contributed by atoms with Gasteiger partial charge in [-0.2, -0.15) is 0 Å². The molecule has 0 radical (unpaired) electrons. The number of hydrogen-bond acceptors (Lipinski definition) is 4. The molecule has 7 heteroatoms. The second-order valence-electron chi connectivity index (χ2n) is 6.91. The van der Waals surface area contributed by atoms with Gasteiger partial charge in [0, 0.05) is 47.3 Å². The Morgan fingerprint density at radius 3 is 2.56 bits per heavy atom. The van der Waals surface area contributed by atoms with Gasteiger partial charge >= 0.3 is 0 Å². The quantitative estimate of drug-likeness (QED) is 0.727. The van der Waals surface area contributed by atoms with Crippen molar-refractivity contribution in [3.8, 4) is 11.1 Å². The summed E-state index contributed by atoms with van der Waals surface area (Å²) in [5.41, 5.74) is 2.43. The predicted molar refractivity (Wildman–Crippen MR) is 88.4 cm³/mol. The first-order valence-corrected chi connectivity index (χ1v) is 8.30. The minimum absolute atomic E-state index is 0.0303. The lowest BCUT2D eigenvalue weighted by molar-refractivity contribution is -0.106. The molecule has 132 valence electrons. The Morgan fingerprint density at radius 1 is 1.20 bits per heavy atom. The van der Waals surface area contributed by atoms with Crippen molar-refractivity contribution in [2.75, 3.05) is 0 Å². The first-order chi connectivity index (χ1) is 11.8. The summed E-state index contributed by atoms with van der Waals surface area (Å²) >= 11 is 0. The first kappa shape index (κ1) is 16.2. The van der Waals surface area contributed by atoms with Crippen LogP contribution in [0.2, 0.25) is 0 Å². The van der Waals surface area contributed by atoms with E-state index < -0.39 is 11.5 Å². The molecule has 4 rings (SSSR count). The van der Waals surface area contributed by atoms with Crippen molar-refractivity contribution in [1.29, 1.82) is 0 Å². The van der Waals surface area contributed by atoms with Gasteiger partial charge in [0.2, 0.25) is 5.92 Å². The summed E-state index contributed by atoms with van der Waals surface area (Å²) in [4.78, 5) is 7.45. The van der Waals surface area contributed by atoms with Crippen molar-refractivity contribution >= 4 is 11.0 Å². The van der Waals surface area contributed by atoms with E-state index in [1.807, 2.05) is 19.9 Å². The number of hydrogen-bond donors (Lipinski definition) is 2. The molecule has 3 heterocycles. The fraction of sp³-hybridized carbons (Fsp3) is 0.444. The number of aryl methyl sites for hydroxylation is 2. The van der Waals surface area contributed by atoms with Crippen LogP contribution in [0.3, 0.4) is 0 Å². The number of halogens is 2. The molecule has 0 amide bonds. The molecule has 3 aromatic rings. The average molecular weight is 347 g/mol. The summed E-state index contributed by atoms with van der Waals surface area (Å²) < 4.78 is 32.2. The van der Waals surface area contributed by atoms with Crippen LogP contribution >= 0.6 is 0 Å². The van der Waals surface area contributed by atoms with Gasteiger partial charge in [0.25, 0.3) is 0 Å². The second-order valence-corrected chi connectivity index (χ2v) is 6.91. The third-order valence-electron chi connectivity index (χ3n) is 5.16. The van der Waals surface area contributed by atoms with Gasteiger partial charge in [0.15, 0.2) is 0 Å². The van der Waals surface area contributed by atoms with Crippen LogP contribution in [0.25, 0.3) is 22.2 Å². The standard InChI is InChI=1S/C18H19F2N3O2/c1-10-15(11(2)25-23-10)12-7-13-14(9-22-16(13)21-8-12)17(24)3-5-18(19,20)6-4-17/h7-9,24H,3-6H2,1-2H3,(H,21,22). The van der Waals surface area contributed by atoms with E-state index in [0.717, 1.165) is 22.2 Å². The number of alkyl halides is 2. The Balaban J connectivity index is 1.80. The number of aromatic amines is 1. The van der Waals surface area contributed by atoms with Gasteiger partial charge in [0.1, 0.15) is 11.4 Å². The van der Waals surface area contributed by atoms with Crippen LogP contribution in [0.4, 0.5) is 8.78 Å². The molecule has 0 saturated heterocycles. The minimum atomic E-state index is -2.70. The van der Waals surface area contributed by atoms with E-state index in [2.05, 4.69) is 15.1 Å². The molecule has 0 aromatic carbocycles. The zero-order valence-electron chi connectivity index (χ0n) is 14.1. The van der Waals surface area contributed by atoms with E-state index in [1.165, 1.54) is 0 Å². The van der Waals surface area contributed by atoms with Crippen LogP contribution in [0, 0.1) is 13.8 Å². The van der Waals surface area contributed by atoms with E-state index >= 15 is 0 Å². The lowest BCUT2D eigenvalue weighted by atomic mass is 9.78. The van der Waals surface area contributed by atoms with Crippen LogP contribution in [0.1, 0.15) is 42.7 Å². The summed E-state index contributed by atoms with van der Waals surface area (Å²) in [7, 11) is 0. The molecule has 5 nitrogen and oxygen atoms in total. The Kier molecular flexibility index (Phi) is 3.47. The molecule has 0 bridgehead atoms. The Bertz CT molecular complexity index is 916. The summed E-state index contributed by atoms with van der Waals surface area (Å²) in [6, 6.07) is 1.91. The summed E-state index contributed by atoms with van der Waals surface area (Å²) in [6.45, 7) is 3.68. The average Bonchev–Trinajstić information content (AvgIpc) is 3.14. The number of H-pyrrole nitrogens is 1. The van der Waals surface area contributed by atoms with Crippen molar-refractivity contribution in [2.24, 2.45) is 0 Å². The number of aromatic nitrogens is 3. The number of nitrogens with one attached hydrogen (secondary N) is 1. The van der Waals surface area contributed by atoms with E-state index in [4.69, 9.17) is 4.52 Å². The largest absolute Gasteiger partial charge is 0.385 e. The monoisotopic (exact) mass is 347 g/mol. The smallest absolute Gasteiger partial charge is 0.248 e. The molecule has 1 saturated carbocycles. The second kappa shape index (κ2) is 5.36. The van der Waals surface area contributed by atoms with Gasteiger partial charge in [-0.15, -0.1) is 0 Å². The zero-order valence-corrected chi connectivity index (χ0v) is 14.1. The molecule has 1 fully saturated rings. The van der Waals surface area contributed by atoms with Crippen LogP contribution in [-0.4, -0.2) is 26.2 Å². The van der Waals surface area contributed by atoms with E-state index in [1.54, 1.807) is 12.4 Å². The predicted octanol–water partition coefficient (Wildman–Crippen LogP) is 4.23. The lowest BCUT2D eigenvalue weighted by Crippen LogP contribution is -2.36. The zero-order chi connectivity index (χ0) is 17.8. The fourth-order valence-electron chi connectivity index (χ4n) is 3.72. The van der Waals surface area contributed by atoms with Crippen LogP contribution < -0.4 is 0 Å². The Labute approximate surface area is 143 Å². The maximum atomic E-state index is 13.5. The maximum Gasteiger partial charge on any atom is 0.248 e. The Morgan fingerprint density at radius 2 is 1.92 bits per heavy atom. The lowest BCUT2D eigenvalue weighted by Gasteiger charge is -2.35. The van der Waals surface area contributed by atoms with Gasteiger partial charge in [-0.05, 0) is 32.8 Å². The van der Waals surface area contributed by atoms with E-state index in [-0.39, 0.29) is 25.7 Å². The molecule has 1 aliphatic carbocycles. The molecular formula is C18H19F2N3O2. The maximum absolute atomic E-state index is 13.5. The first-order valence-electron chi connectivity index (χ1n) is 8.30. The highest BCUT2D eigenvalue weighted by Gasteiger charge is 2.44. The highest BCUT2D eigenvalue weighted by Crippen LogP contribution is 2.45. The van der Waals surface area contributed by atoms with Crippen molar-refractivity contribution in [1.82, 2.24) is 15.1 Å². The fourth-order valence-corrected chi connectivity index (χ4v) is 3.72. The molecule has 1 aliphatic rings. The van der Waals surface area contributed by atoms with Crippen LogP contribution in [0.15, 0.2) is 23.0 Å². The SMILES string of the molecule is Cc1noc(C)c1-c1cnc2[nH]cc(C3(O)CCC(F)(F)CC3)c2c1. The summed E-state index contributed by atoms with van der Waals surface area (Å²) in [6.07, 6.45) is 2.83. The number of aliphatic hydroxyl groups is 1. The highest BCUT2D eigenvalue weighted by atomic mass is 19.3. The van der Waals surface area contributed by atoms with Crippen molar-refractivity contribution in [3.05, 3.63) is 35.5 Å². The van der Waals surface area contributed by atoms with Gasteiger partial charge in [-0.25, -0.2) is 13.8 Å². The Hall–Kier alpha value is -2.28. The third kappa shape index (κ3) is 2.63. The van der Waals surface area contributed by atoms with Crippen molar-refractivity contribution < 1.29 is 18.4 Å². The highest BCUT2D eigenvalue weighted by molar-refractivity contribution is 5.86. The topological polar surface area (TPSA) is 74.9 Å². The van der Waals surface area contributed by atoms with Crippen molar-refractivity contribution in [2.45, 2.75) is 51.1 Å². The third-order valence-corrected chi connectivity index (χ3v) is 5.16. The number of nitrogens with zero attached hydrogens (tertiary/aromatic N) is 2. The van der Waals surface area contributed by atoms with Gasteiger partial charge in [-0.3, -0.25) is 0 Å². The number of pyridine rings is 1. The van der Waals surface area contributed by atoms with E-state index in [0.29, 0.717) is 17.0 Å². The van der Waals surface area contributed by atoms with E-state index in [9.17, 15) is 13.9 Å². The van der Waals surface area contributed by atoms with Crippen LogP contribution in [0.5, 0.6) is 0 Å². The molecule has 0 unspecified atom stereocenters. The molecule has 0 spiro atoms. The molecular weight excluding hydrogens is 328 g/mol. The van der Waals surface area contributed by atoms with Gasteiger partial charge in [-0.1, -0.05) is 5.16 Å². The molecule has 0 atom stereocenters. The summed E-state index contributed by atoms with van der Waals surface area (Å²) in [5, 5.41) is 15.7.